The third kappa shape index (κ3) is 16.0. The van der Waals surface area contributed by atoms with Gasteiger partial charge < -0.3 is 5.11 Å². The number of rotatable bonds is 24. The summed E-state index contributed by atoms with van der Waals surface area (Å²) in [5, 5.41) is 9.08. The molecule has 6 nitrogen and oxygen atoms in total. The zero-order valence-electron chi connectivity index (χ0n) is 26.1. The third-order valence-corrected chi connectivity index (χ3v) is 9.54. The first-order chi connectivity index (χ1) is 19.0. The Balaban J connectivity index is 2.18. The number of benzene rings is 1. The van der Waals surface area contributed by atoms with Crippen LogP contribution in [0.4, 0.5) is 4.79 Å². The van der Waals surface area contributed by atoms with E-state index in [4.69, 9.17) is 19.2 Å². The smallest absolute Gasteiger partial charge is 0.464 e. The minimum absolute atomic E-state index is 0.0472. The minimum Gasteiger partial charge on any atom is -0.472 e. The molecule has 0 saturated heterocycles. The van der Waals surface area contributed by atoms with Gasteiger partial charge in [-0.1, -0.05) is 110 Å². The van der Waals surface area contributed by atoms with Crippen LogP contribution < -0.4 is 0 Å². The van der Waals surface area contributed by atoms with Gasteiger partial charge in [0.1, 0.15) is 0 Å². The van der Waals surface area contributed by atoms with Crippen molar-refractivity contribution in [2.45, 2.75) is 142 Å². The lowest BCUT2D eigenvalue weighted by Crippen LogP contribution is -2.12. The predicted octanol–water partition coefficient (Wildman–Crippen LogP) is 11.1. The molecule has 0 aromatic heterocycles. The lowest BCUT2D eigenvalue weighted by atomic mass is 9.84. The molecule has 0 aliphatic heterocycles. The van der Waals surface area contributed by atoms with E-state index in [0.29, 0.717) is 12.3 Å². The van der Waals surface area contributed by atoms with Crippen molar-refractivity contribution in [3.8, 4) is 0 Å². The Labute approximate surface area is 249 Å². The molecule has 0 aliphatic rings. The first-order valence-electron chi connectivity index (χ1n) is 15.5. The Hall–Kier alpha value is -0.850. The number of thioether (sulfide) groups is 1. The van der Waals surface area contributed by atoms with Crippen molar-refractivity contribution in [3.63, 3.8) is 0 Å². The van der Waals surface area contributed by atoms with E-state index in [1.807, 2.05) is 0 Å². The van der Waals surface area contributed by atoms with Crippen LogP contribution in [0.2, 0.25) is 0 Å². The predicted molar refractivity (Wildman–Crippen MR) is 170 cm³/mol. The fourth-order valence-electron chi connectivity index (χ4n) is 4.54. The zero-order valence-corrected chi connectivity index (χ0v) is 27.8. The molecule has 0 amide bonds. The van der Waals surface area contributed by atoms with E-state index in [1.54, 1.807) is 13.8 Å². The van der Waals surface area contributed by atoms with Gasteiger partial charge in [0.05, 0.1) is 12.7 Å². The summed E-state index contributed by atoms with van der Waals surface area (Å²) in [6.45, 7) is 12.8. The molecule has 0 bridgehead atoms. The molecule has 1 aromatic rings. The van der Waals surface area contributed by atoms with Gasteiger partial charge in [0.2, 0.25) is 0 Å². The highest BCUT2D eigenvalue weighted by Crippen LogP contribution is 2.49. The summed E-state index contributed by atoms with van der Waals surface area (Å²) in [5.41, 5.74) is 1.50. The van der Waals surface area contributed by atoms with Crippen LogP contribution in [0, 0.1) is 0 Å². The molecule has 8 heteroatoms. The Bertz CT molecular complexity index is 839. The molecule has 0 saturated carbocycles. The fraction of sp³-hybridized carbons (Fsp3) is 0.781. The van der Waals surface area contributed by atoms with Crippen LogP contribution >= 0.6 is 19.4 Å². The topological polar surface area (TPSA) is 82.1 Å². The number of unbranched alkanes of at least 4 members (excludes halogenated alkanes) is 7. The third-order valence-electron chi connectivity index (χ3n) is 7.17. The van der Waals surface area contributed by atoms with E-state index < -0.39 is 13.3 Å². The van der Waals surface area contributed by atoms with Gasteiger partial charge >= 0.3 is 13.3 Å². The molecule has 0 radical (unpaired) electrons. The van der Waals surface area contributed by atoms with Gasteiger partial charge in [0.25, 0.3) is 0 Å². The Morgan fingerprint density at radius 3 is 2.10 bits per heavy atom. The highest BCUT2D eigenvalue weighted by atomic mass is 32.2. The summed E-state index contributed by atoms with van der Waals surface area (Å²) in [7, 11) is -4.27. The SMILES string of the molecule is CCCCCC(CCSCCCCCCCCC(C)OOP(=O)(OCCC)C(=O)O)c1ccc(C(C)(C)C)cc1. The van der Waals surface area contributed by atoms with Gasteiger partial charge in [-0.15, -0.1) is 4.67 Å². The molecule has 3 atom stereocenters. The van der Waals surface area contributed by atoms with Crippen molar-refractivity contribution in [2.24, 2.45) is 0 Å². The van der Waals surface area contributed by atoms with Crippen LogP contribution in [0.25, 0.3) is 0 Å². The Morgan fingerprint density at radius 2 is 1.50 bits per heavy atom. The first kappa shape index (κ1) is 37.2. The van der Waals surface area contributed by atoms with E-state index >= 15 is 0 Å². The van der Waals surface area contributed by atoms with Crippen molar-refractivity contribution in [1.29, 1.82) is 0 Å². The summed E-state index contributed by atoms with van der Waals surface area (Å²) >= 11 is 2.10. The first-order valence-corrected chi connectivity index (χ1v) is 18.2. The van der Waals surface area contributed by atoms with Crippen LogP contribution in [-0.4, -0.2) is 35.0 Å². The summed E-state index contributed by atoms with van der Waals surface area (Å²) in [5.74, 6) is 3.14. The molecular weight excluding hydrogens is 543 g/mol. The van der Waals surface area contributed by atoms with E-state index in [0.717, 1.165) is 19.3 Å². The van der Waals surface area contributed by atoms with Crippen molar-refractivity contribution >= 4 is 25.1 Å². The van der Waals surface area contributed by atoms with Gasteiger partial charge in [-0.2, -0.15) is 11.8 Å². The summed E-state index contributed by atoms with van der Waals surface area (Å²) in [4.78, 5) is 16.2. The maximum absolute atomic E-state index is 12.1. The lowest BCUT2D eigenvalue weighted by molar-refractivity contribution is -0.247. The van der Waals surface area contributed by atoms with Crippen LogP contribution in [0.5, 0.6) is 0 Å². The van der Waals surface area contributed by atoms with Crippen molar-refractivity contribution in [3.05, 3.63) is 35.4 Å². The summed E-state index contributed by atoms with van der Waals surface area (Å²) in [6.07, 6.45) is 14.4. The van der Waals surface area contributed by atoms with Gasteiger partial charge in [0, 0.05) is 0 Å². The molecule has 0 fully saturated rings. The second kappa shape index (κ2) is 20.9. The molecule has 0 heterocycles. The average molecular weight is 601 g/mol. The van der Waals surface area contributed by atoms with Crippen LogP contribution in [0.1, 0.15) is 142 Å². The van der Waals surface area contributed by atoms with Gasteiger partial charge in [0.15, 0.2) is 0 Å². The van der Waals surface area contributed by atoms with Gasteiger partial charge in [-0.25, -0.2) is 14.2 Å². The largest absolute Gasteiger partial charge is 0.472 e. The van der Waals surface area contributed by atoms with E-state index in [2.05, 4.69) is 63.7 Å². The van der Waals surface area contributed by atoms with E-state index in [-0.39, 0.29) is 18.1 Å². The minimum atomic E-state index is -4.27. The molecule has 1 rings (SSSR count). The zero-order chi connectivity index (χ0) is 29.9. The Kier molecular flexibility index (Phi) is 19.5. The number of hydrogen-bond acceptors (Lipinski definition) is 6. The Morgan fingerprint density at radius 1 is 0.875 bits per heavy atom. The molecule has 1 N–H and O–H groups in total. The van der Waals surface area contributed by atoms with Gasteiger partial charge in [-0.3, -0.25) is 4.52 Å². The van der Waals surface area contributed by atoms with Crippen molar-refractivity contribution in [2.75, 3.05) is 18.1 Å². The van der Waals surface area contributed by atoms with Crippen LogP contribution in [0.15, 0.2) is 24.3 Å². The van der Waals surface area contributed by atoms with E-state index in [1.165, 1.54) is 80.4 Å². The molecular formula is C32H57O6PS. The molecule has 40 heavy (non-hydrogen) atoms. The molecule has 0 spiro atoms. The highest BCUT2D eigenvalue weighted by molar-refractivity contribution is 7.99. The van der Waals surface area contributed by atoms with Crippen molar-refractivity contribution < 1.29 is 28.6 Å². The quantitative estimate of drug-likeness (QED) is 0.0547. The van der Waals surface area contributed by atoms with Crippen LogP contribution in [0.3, 0.4) is 0 Å². The van der Waals surface area contributed by atoms with Gasteiger partial charge in [-0.05, 0) is 73.0 Å². The maximum atomic E-state index is 12.1. The second-order valence-corrected chi connectivity index (χ2v) is 15.0. The number of carboxylic acid groups (broad SMARTS) is 1. The molecule has 0 aliphatic carbocycles. The average Bonchev–Trinajstić information content (AvgIpc) is 2.92. The van der Waals surface area contributed by atoms with E-state index in [9.17, 15) is 9.36 Å². The van der Waals surface area contributed by atoms with Crippen molar-refractivity contribution in [1.82, 2.24) is 0 Å². The molecule has 232 valence electrons. The normalized spacial score (nSPS) is 15.1. The maximum Gasteiger partial charge on any atom is 0.464 e. The highest BCUT2D eigenvalue weighted by Gasteiger charge is 2.37. The second-order valence-electron chi connectivity index (χ2n) is 12.0. The summed E-state index contributed by atoms with van der Waals surface area (Å²) < 4.78 is 21.7. The monoisotopic (exact) mass is 600 g/mol. The lowest BCUT2D eigenvalue weighted by Gasteiger charge is -2.22. The molecule has 1 aromatic carbocycles. The number of hydrogen-bond donors (Lipinski definition) is 1. The van der Waals surface area contributed by atoms with Crippen LogP contribution in [-0.2, 0) is 24.1 Å². The standard InChI is InChI=1S/C32H57O6PS/c1-7-9-14-18-28(29-19-21-30(22-20-29)32(4,5)6)23-26-40-25-16-13-11-10-12-15-17-27(3)37-38-39(35,31(33)34)36-24-8-2/h19-22,27-28H,7-18,23-26H2,1-6H3,(H,33,34). The molecule has 3 unspecified atom stereocenters. The fourth-order valence-corrected chi connectivity index (χ4v) is 6.51. The summed E-state index contributed by atoms with van der Waals surface area (Å²) in [6, 6.07) is 9.41. The number of carbonyl (C=O) groups is 1.